The maximum Gasteiger partial charge on any atom is 0.204 e. The molecule has 0 bridgehead atoms. The van der Waals surface area contributed by atoms with Crippen LogP contribution < -0.4 is 5.43 Å². The second-order valence-corrected chi connectivity index (χ2v) is 6.21. The molecule has 0 amide bonds. The van der Waals surface area contributed by atoms with Crippen molar-refractivity contribution in [3.8, 4) is 33.8 Å². The molecule has 0 radical (unpaired) electrons. The number of H-pyrrole nitrogens is 1. The average molecular weight is 367 g/mol. The van der Waals surface area contributed by atoms with Crippen molar-refractivity contribution in [2.75, 3.05) is 0 Å². The lowest BCUT2D eigenvalue weighted by Gasteiger charge is -2.10. The van der Waals surface area contributed by atoms with E-state index >= 15 is 0 Å². The van der Waals surface area contributed by atoms with Crippen LogP contribution in [-0.4, -0.2) is 25.6 Å². The number of nitrogens with zero attached hydrogens (tertiary/aromatic N) is 4. The van der Waals surface area contributed by atoms with Crippen molar-refractivity contribution in [1.82, 2.24) is 25.6 Å². The fraction of sp³-hybridized carbons (Fsp3) is 0. The Morgan fingerprint density at radius 3 is 2.43 bits per heavy atom. The van der Waals surface area contributed by atoms with E-state index in [0.29, 0.717) is 28.1 Å². The van der Waals surface area contributed by atoms with Crippen LogP contribution >= 0.6 is 0 Å². The molecule has 3 aromatic heterocycles. The first-order valence-corrected chi connectivity index (χ1v) is 8.61. The van der Waals surface area contributed by atoms with E-state index < -0.39 is 0 Å². The summed E-state index contributed by atoms with van der Waals surface area (Å²) in [6.07, 6.45) is 3.33. The maximum absolute atomic E-state index is 12.9. The van der Waals surface area contributed by atoms with Gasteiger partial charge >= 0.3 is 0 Å². The zero-order valence-electron chi connectivity index (χ0n) is 14.5. The molecule has 0 aliphatic heterocycles. The van der Waals surface area contributed by atoms with Crippen molar-refractivity contribution in [2.45, 2.75) is 0 Å². The summed E-state index contributed by atoms with van der Waals surface area (Å²) in [6, 6.07) is 18.5. The van der Waals surface area contributed by atoms with Crippen LogP contribution in [0.4, 0.5) is 0 Å². The number of nitrogens with one attached hydrogen (secondary N) is 1. The Morgan fingerprint density at radius 2 is 1.68 bits per heavy atom. The molecule has 0 aliphatic carbocycles. The molecule has 0 saturated carbocycles. The van der Waals surface area contributed by atoms with Gasteiger partial charge in [0.1, 0.15) is 11.3 Å². The number of hydrogen-bond acceptors (Lipinski definition) is 6. The number of tetrazole rings is 1. The van der Waals surface area contributed by atoms with E-state index in [0.717, 1.165) is 16.7 Å². The first-order chi connectivity index (χ1) is 13.8. The van der Waals surface area contributed by atoms with Crippen molar-refractivity contribution in [3.63, 3.8) is 0 Å². The number of hydrogen-bond donors (Lipinski definition) is 1. The number of aromatic amines is 1. The van der Waals surface area contributed by atoms with E-state index in [-0.39, 0.29) is 5.43 Å². The third kappa shape index (κ3) is 2.75. The number of rotatable bonds is 3. The molecule has 1 N–H and O–H groups in total. The number of benzene rings is 2. The van der Waals surface area contributed by atoms with Crippen molar-refractivity contribution >= 4 is 11.0 Å². The Balaban J connectivity index is 1.84. The van der Waals surface area contributed by atoms with Gasteiger partial charge in [-0.15, -0.1) is 10.2 Å². The molecule has 0 aliphatic rings. The fourth-order valence-electron chi connectivity index (χ4n) is 3.16. The lowest BCUT2D eigenvalue weighted by Crippen LogP contribution is -2.02. The summed E-state index contributed by atoms with van der Waals surface area (Å²) < 4.78 is 6.19. The molecule has 0 fully saturated rings. The Hall–Kier alpha value is -4.13. The highest BCUT2D eigenvalue weighted by Gasteiger charge is 2.16. The van der Waals surface area contributed by atoms with Crippen LogP contribution in [0.25, 0.3) is 44.8 Å². The number of aromatic nitrogens is 5. The van der Waals surface area contributed by atoms with E-state index in [1.165, 1.54) is 6.07 Å². The normalized spacial score (nSPS) is 11.0. The van der Waals surface area contributed by atoms with Gasteiger partial charge in [-0.05, 0) is 35.0 Å². The Morgan fingerprint density at radius 1 is 0.857 bits per heavy atom. The minimum atomic E-state index is -0.143. The summed E-state index contributed by atoms with van der Waals surface area (Å²) >= 11 is 0. The molecular weight excluding hydrogens is 354 g/mol. The predicted octanol–water partition coefficient (Wildman–Crippen LogP) is 3.70. The quantitative estimate of drug-likeness (QED) is 0.522. The molecule has 0 spiro atoms. The second kappa shape index (κ2) is 6.55. The lowest BCUT2D eigenvalue weighted by molar-refractivity contribution is 0.620. The van der Waals surface area contributed by atoms with Gasteiger partial charge < -0.3 is 4.42 Å². The lowest BCUT2D eigenvalue weighted by atomic mass is 9.99. The Kier molecular flexibility index (Phi) is 3.76. The molecule has 5 rings (SSSR count). The van der Waals surface area contributed by atoms with Crippen molar-refractivity contribution in [3.05, 3.63) is 83.3 Å². The van der Waals surface area contributed by atoms with E-state index in [1.807, 2.05) is 36.4 Å². The first kappa shape index (κ1) is 16.1. The van der Waals surface area contributed by atoms with Gasteiger partial charge in [-0.25, -0.2) is 0 Å². The molecule has 134 valence electrons. The number of pyridine rings is 1. The maximum atomic E-state index is 12.9. The zero-order valence-corrected chi connectivity index (χ0v) is 14.5. The highest BCUT2D eigenvalue weighted by Crippen LogP contribution is 2.33. The Labute approximate surface area is 158 Å². The van der Waals surface area contributed by atoms with Gasteiger partial charge in [0.2, 0.25) is 5.82 Å². The van der Waals surface area contributed by atoms with Gasteiger partial charge in [0, 0.05) is 35.2 Å². The van der Waals surface area contributed by atoms with Gasteiger partial charge in [0.05, 0.1) is 5.39 Å². The molecule has 5 aromatic rings. The average Bonchev–Trinajstić information content (AvgIpc) is 3.29. The van der Waals surface area contributed by atoms with Crippen LogP contribution in [0.1, 0.15) is 0 Å². The van der Waals surface area contributed by atoms with Crippen molar-refractivity contribution in [1.29, 1.82) is 0 Å². The molecule has 7 heteroatoms. The highest BCUT2D eigenvalue weighted by molar-refractivity contribution is 5.96. The highest BCUT2D eigenvalue weighted by atomic mass is 16.3. The van der Waals surface area contributed by atoms with Gasteiger partial charge in [-0.3, -0.25) is 9.78 Å². The topological polar surface area (TPSA) is 97.6 Å². The molecule has 3 heterocycles. The largest absolute Gasteiger partial charge is 0.455 e. The fourth-order valence-corrected chi connectivity index (χ4v) is 3.16. The summed E-state index contributed by atoms with van der Waals surface area (Å²) in [5.74, 6) is 0.904. The SMILES string of the molecule is O=c1cc(-c2ccncc2)oc2c(-c3ccccc3)cc(-c3nn[nH]n3)cc12. The van der Waals surface area contributed by atoms with Crippen LogP contribution in [0.15, 0.2) is 82.3 Å². The molecule has 28 heavy (non-hydrogen) atoms. The van der Waals surface area contributed by atoms with Gasteiger partial charge in [0.25, 0.3) is 0 Å². The van der Waals surface area contributed by atoms with Gasteiger partial charge in [-0.2, -0.15) is 5.21 Å². The summed E-state index contributed by atoms with van der Waals surface area (Å²) in [7, 11) is 0. The first-order valence-electron chi connectivity index (χ1n) is 8.61. The Bertz CT molecular complexity index is 1310. The van der Waals surface area contributed by atoms with Crippen LogP contribution in [0, 0.1) is 0 Å². The molecule has 0 saturated heterocycles. The zero-order chi connectivity index (χ0) is 18.9. The summed E-state index contributed by atoms with van der Waals surface area (Å²) in [4.78, 5) is 17.0. The molecule has 2 aromatic carbocycles. The van der Waals surface area contributed by atoms with E-state index in [1.54, 1.807) is 30.6 Å². The van der Waals surface area contributed by atoms with Crippen molar-refractivity contribution in [2.24, 2.45) is 0 Å². The van der Waals surface area contributed by atoms with Gasteiger partial charge in [-0.1, -0.05) is 30.3 Å². The smallest absolute Gasteiger partial charge is 0.204 e. The van der Waals surface area contributed by atoms with Crippen molar-refractivity contribution < 1.29 is 4.42 Å². The van der Waals surface area contributed by atoms with Crippen LogP contribution in [0.5, 0.6) is 0 Å². The molecule has 0 atom stereocenters. The predicted molar refractivity (Wildman–Crippen MR) is 104 cm³/mol. The third-order valence-electron chi connectivity index (χ3n) is 4.48. The minimum Gasteiger partial charge on any atom is -0.455 e. The van der Waals surface area contributed by atoms with E-state index in [4.69, 9.17) is 4.42 Å². The summed E-state index contributed by atoms with van der Waals surface area (Å²) in [5, 5.41) is 14.6. The third-order valence-corrected chi connectivity index (χ3v) is 4.48. The molecule has 7 nitrogen and oxygen atoms in total. The number of fused-ring (bicyclic) bond motifs is 1. The second-order valence-electron chi connectivity index (χ2n) is 6.21. The standard InChI is InChI=1S/C21H13N5O2/c27-18-12-19(14-6-8-22-9-7-14)28-20-16(13-4-2-1-3-5-13)10-15(11-17(18)20)21-23-25-26-24-21/h1-12H,(H,23,24,25,26). The monoisotopic (exact) mass is 367 g/mol. The van der Waals surface area contributed by atoms with Crippen LogP contribution in [0.2, 0.25) is 0 Å². The van der Waals surface area contributed by atoms with Crippen LogP contribution in [0.3, 0.4) is 0 Å². The minimum absolute atomic E-state index is 0.143. The molecule has 0 unspecified atom stereocenters. The van der Waals surface area contributed by atoms with Gasteiger partial charge in [0.15, 0.2) is 5.43 Å². The summed E-state index contributed by atoms with van der Waals surface area (Å²) in [6.45, 7) is 0. The molecular formula is C21H13N5O2. The summed E-state index contributed by atoms with van der Waals surface area (Å²) in [5.41, 5.74) is 3.55. The van der Waals surface area contributed by atoms with E-state index in [2.05, 4.69) is 25.6 Å². The van der Waals surface area contributed by atoms with Crippen LogP contribution in [-0.2, 0) is 0 Å². The van der Waals surface area contributed by atoms with E-state index in [9.17, 15) is 4.79 Å².